The lowest BCUT2D eigenvalue weighted by molar-refractivity contribution is -0.135. The summed E-state index contributed by atoms with van der Waals surface area (Å²) in [5, 5.41) is 0. The molecular weight excluding hydrogens is 316 g/mol. The Labute approximate surface area is 152 Å². The van der Waals surface area contributed by atoms with Gasteiger partial charge in [0.1, 0.15) is 0 Å². The summed E-state index contributed by atoms with van der Waals surface area (Å²) in [5.74, 6) is -0.0780. The summed E-state index contributed by atoms with van der Waals surface area (Å²) in [6, 6.07) is 0. The summed E-state index contributed by atoms with van der Waals surface area (Å²) >= 11 is 0. The number of hydrogen-bond donors (Lipinski definition) is 0. The molecule has 0 aromatic heterocycles. The highest BCUT2D eigenvalue weighted by Crippen LogP contribution is 2.13. The second-order valence-electron chi connectivity index (χ2n) is 6.99. The Morgan fingerprint density at radius 3 is 1.46 bits per heavy atom. The highest BCUT2D eigenvalue weighted by Gasteiger charge is 2.09. The Bertz CT molecular complexity index is 272. The monoisotopic (exact) mass is 358 g/mol. The van der Waals surface area contributed by atoms with Crippen molar-refractivity contribution in [2.45, 2.75) is 116 Å². The largest absolute Gasteiger partial charge is 0.497 e. The third-order valence-corrected chi connectivity index (χ3v) is 5.87. The Hall–Kier alpha value is -0.353. The zero-order valence-electron chi connectivity index (χ0n) is 16.6. The molecule has 0 aromatic carbocycles. The van der Waals surface area contributed by atoms with Crippen LogP contribution in [-0.2, 0) is 13.6 Å². The normalized spacial score (nSPS) is 12.3. The van der Waals surface area contributed by atoms with E-state index in [1.54, 1.807) is 7.11 Å². The summed E-state index contributed by atoms with van der Waals surface area (Å²) in [5.41, 5.74) is 0. The van der Waals surface area contributed by atoms with Crippen molar-refractivity contribution in [1.29, 1.82) is 0 Å². The van der Waals surface area contributed by atoms with Gasteiger partial charge < -0.3 is 8.85 Å². The molecule has 4 heteroatoms. The Kier molecular flexibility index (Phi) is 18.7. The topological polar surface area (TPSA) is 35.5 Å². The van der Waals surface area contributed by atoms with Gasteiger partial charge in [-0.2, -0.15) is 0 Å². The second-order valence-corrected chi connectivity index (χ2v) is 8.84. The maximum atomic E-state index is 11.5. The number of carbonyl (C=O) groups is 1. The molecule has 0 heterocycles. The van der Waals surface area contributed by atoms with Gasteiger partial charge in [0.15, 0.2) is 0 Å². The number of carbonyl (C=O) groups excluding carboxylic acids is 1. The highest BCUT2D eigenvalue weighted by atomic mass is 28.3. The van der Waals surface area contributed by atoms with Gasteiger partial charge in [0.2, 0.25) is 0 Å². The third-order valence-electron chi connectivity index (χ3n) is 4.61. The molecule has 0 saturated carbocycles. The van der Waals surface area contributed by atoms with Gasteiger partial charge in [-0.3, -0.25) is 4.79 Å². The van der Waals surface area contributed by atoms with Crippen molar-refractivity contribution in [3.8, 4) is 0 Å². The average Bonchev–Trinajstić information content (AvgIpc) is 2.58. The zero-order chi connectivity index (χ0) is 17.9. The van der Waals surface area contributed by atoms with Crippen LogP contribution >= 0.6 is 0 Å². The van der Waals surface area contributed by atoms with Crippen LogP contribution in [0.25, 0.3) is 0 Å². The van der Waals surface area contributed by atoms with Crippen LogP contribution in [0.15, 0.2) is 0 Å². The van der Waals surface area contributed by atoms with Crippen molar-refractivity contribution in [1.82, 2.24) is 0 Å². The molecule has 0 N–H and O–H groups in total. The van der Waals surface area contributed by atoms with Gasteiger partial charge >= 0.3 is 9.28 Å². The van der Waals surface area contributed by atoms with E-state index in [1.165, 1.54) is 83.5 Å². The first-order valence-corrected chi connectivity index (χ1v) is 12.5. The first-order chi connectivity index (χ1) is 11.7. The molecule has 0 aliphatic carbocycles. The van der Waals surface area contributed by atoms with Crippen molar-refractivity contribution in [2.24, 2.45) is 0 Å². The lowest BCUT2D eigenvalue weighted by atomic mass is 10.0. The summed E-state index contributed by atoms with van der Waals surface area (Å²) in [6.45, 7) is 4.16. The molecule has 0 aliphatic heterocycles. The SMILES string of the molecule is CCCCCCCCCCCCCCCCCC(=O)O[SiH](C)OC. The lowest BCUT2D eigenvalue weighted by Gasteiger charge is -2.09. The Morgan fingerprint density at radius 2 is 1.08 bits per heavy atom. The van der Waals surface area contributed by atoms with E-state index in [2.05, 4.69) is 6.92 Å². The Balaban J connectivity index is 3.11. The molecule has 1 atom stereocenters. The van der Waals surface area contributed by atoms with Crippen molar-refractivity contribution in [3.63, 3.8) is 0 Å². The van der Waals surface area contributed by atoms with Crippen molar-refractivity contribution in [3.05, 3.63) is 0 Å². The van der Waals surface area contributed by atoms with E-state index in [9.17, 15) is 4.79 Å². The number of hydrogen-bond acceptors (Lipinski definition) is 3. The fraction of sp³-hybridized carbons (Fsp3) is 0.950. The molecule has 0 aliphatic rings. The molecule has 0 spiro atoms. The summed E-state index contributed by atoms with van der Waals surface area (Å²) in [7, 11) is -0.0744. The van der Waals surface area contributed by atoms with E-state index in [4.69, 9.17) is 8.85 Å². The van der Waals surface area contributed by atoms with Crippen LogP contribution in [0.1, 0.15) is 110 Å². The average molecular weight is 359 g/mol. The minimum absolute atomic E-state index is 0.0780. The van der Waals surface area contributed by atoms with E-state index in [0.717, 1.165) is 12.8 Å². The smallest absolute Gasteiger partial charge is 0.381 e. The minimum atomic E-state index is -1.68. The summed E-state index contributed by atoms with van der Waals surface area (Å²) in [4.78, 5) is 11.5. The van der Waals surface area contributed by atoms with Gasteiger partial charge in [-0.05, 0) is 13.0 Å². The molecule has 0 amide bonds. The molecule has 3 nitrogen and oxygen atoms in total. The molecule has 144 valence electrons. The molecule has 0 radical (unpaired) electrons. The standard InChI is InChI=1S/C20H42O3Si/c1-4-5-6-7-8-9-10-11-12-13-14-15-16-17-18-19-20(21)23-24(3)22-2/h24H,4-19H2,1-3H3. The summed E-state index contributed by atoms with van der Waals surface area (Å²) < 4.78 is 10.2. The van der Waals surface area contributed by atoms with Gasteiger partial charge in [-0.1, -0.05) is 96.8 Å². The van der Waals surface area contributed by atoms with Crippen LogP contribution in [0.2, 0.25) is 6.55 Å². The molecule has 0 bridgehead atoms. The molecule has 0 aromatic rings. The van der Waals surface area contributed by atoms with Crippen LogP contribution in [-0.4, -0.2) is 22.4 Å². The first-order valence-electron chi connectivity index (χ1n) is 10.4. The molecule has 0 rings (SSSR count). The minimum Gasteiger partial charge on any atom is -0.497 e. The molecule has 24 heavy (non-hydrogen) atoms. The zero-order valence-corrected chi connectivity index (χ0v) is 17.8. The lowest BCUT2D eigenvalue weighted by Crippen LogP contribution is -2.20. The predicted octanol–water partition coefficient (Wildman–Crippen LogP) is 6.29. The van der Waals surface area contributed by atoms with Crippen LogP contribution in [0.4, 0.5) is 0 Å². The van der Waals surface area contributed by atoms with Crippen molar-refractivity contribution < 1.29 is 13.6 Å². The van der Waals surface area contributed by atoms with Gasteiger partial charge in [0.25, 0.3) is 5.97 Å². The van der Waals surface area contributed by atoms with Gasteiger partial charge in [0.05, 0.1) is 0 Å². The predicted molar refractivity (Wildman–Crippen MR) is 106 cm³/mol. The molecule has 0 saturated heterocycles. The van der Waals surface area contributed by atoms with Crippen molar-refractivity contribution >= 4 is 15.3 Å². The third kappa shape index (κ3) is 18.0. The molecule has 1 unspecified atom stereocenters. The van der Waals surface area contributed by atoms with Crippen LogP contribution in [0.5, 0.6) is 0 Å². The van der Waals surface area contributed by atoms with E-state index < -0.39 is 9.28 Å². The molecule has 0 fully saturated rings. The quantitative estimate of drug-likeness (QED) is 0.213. The van der Waals surface area contributed by atoms with Crippen molar-refractivity contribution in [2.75, 3.05) is 7.11 Å². The van der Waals surface area contributed by atoms with Gasteiger partial charge in [0, 0.05) is 13.5 Å². The van der Waals surface area contributed by atoms with Crippen LogP contribution < -0.4 is 0 Å². The first kappa shape index (κ1) is 23.6. The van der Waals surface area contributed by atoms with Crippen LogP contribution in [0, 0.1) is 0 Å². The fourth-order valence-corrected chi connectivity index (χ4v) is 3.52. The number of rotatable bonds is 18. The maximum Gasteiger partial charge on any atom is 0.381 e. The van der Waals surface area contributed by atoms with Crippen LogP contribution in [0.3, 0.4) is 0 Å². The van der Waals surface area contributed by atoms with E-state index in [1.807, 2.05) is 6.55 Å². The fourth-order valence-electron chi connectivity index (χ4n) is 2.93. The maximum absolute atomic E-state index is 11.5. The van der Waals surface area contributed by atoms with Gasteiger partial charge in [-0.15, -0.1) is 0 Å². The number of unbranched alkanes of at least 4 members (excludes halogenated alkanes) is 14. The van der Waals surface area contributed by atoms with Gasteiger partial charge in [-0.25, -0.2) is 0 Å². The Morgan fingerprint density at radius 1 is 0.708 bits per heavy atom. The highest BCUT2D eigenvalue weighted by molar-refractivity contribution is 6.44. The summed E-state index contributed by atoms with van der Waals surface area (Å²) in [6.07, 6.45) is 20.7. The molecular formula is C20H42O3Si. The van der Waals surface area contributed by atoms with E-state index >= 15 is 0 Å². The second kappa shape index (κ2) is 19.0. The van der Waals surface area contributed by atoms with E-state index in [0.29, 0.717) is 6.42 Å². The van der Waals surface area contributed by atoms with E-state index in [-0.39, 0.29) is 5.97 Å².